The number of alkyl halides is 1. The van der Waals surface area contributed by atoms with Crippen LogP contribution in [-0.2, 0) is 42.8 Å². The molecule has 296 valence electrons. The topological polar surface area (TPSA) is 131 Å². The van der Waals surface area contributed by atoms with Crippen LogP contribution in [0.15, 0.2) is 0 Å². The van der Waals surface area contributed by atoms with Crippen molar-refractivity contribution in [3.8, 4) is 0 Å². The van der Waals surface area contributed by atoms with Gasteiger partial charge in [0.25, 0.3) is 0 Å². The fraction of sp³-hybridized carbons (Fsp3) is 0.921. The van der Waals surface area contributed by atoms with Crippen LogP contribution in [-0.4, -0.2) is 108 Å². The highest BCUT2D eigenvalue weighted by Crippen LogP contribution is 2.15. The molecule has 0 saturated carbocycles. The number of amides is 2. The minimum Gasteiger partial charge on any atom is -0.460 e. The molecule has 11 nitrogen and oxygen atoms in total. The van der Waals surface area contributed by atoms with Gasteiger partial charge in [0, 0.05) is 25.9 Å². The molecular weight excluding hydrogens is 708 g/mol. The average molecular weight is 782 g/mol. The molecule has 50 heavy (non-hydrogen) atoms. The molecule has 0 aliphatic heterocycles. The summed E-state index contributed by atoms with van der Waals surface area (Å²) < 4.78 is 32.6. The zero-order valence-corrected chi connectivity index (χ0v) is 33.6. The van der Waals surface area contributed by atoms with Gasteiger partial charge in [-0.15, -0.1) is 0 Å². The van der Waals surface area contributed by atoms with Crippen LogP contribution >= 0.6 is 15.9 Å². The first-order chi connectivity index (χ1) is 24.2. The average Bonchev–Trinajstić information content (AvgIpc) is 3.07. The largest absolute Gasteiger partial charge is 0.460 e. The summed E-state index contributed by atoms with van der Waals surface area (Å²) in [6, 6.07) is 0. The van der Waals surface area contributed by atoms with Crippen LogP contribution in [0.5, 0.6) is 0 Å². The number of nitrogens with one attached hydrogen (secondary N) is 2. The number of hydrogen-bond donors (Lipinski definition) is 2. The lowest BCUT2D eigenvalue weighted by molar-refractivity contribution is -0.155. The second-order valence-electron chi connectivity index (χ2n) is 13.6. The van der Waals surface area contributed by atoms with E-state index in [-0.39, 0.29) is 23.4 Å². The lowest BCUT2D eigenvalue weighted by Crippen LogP contribution is -2.28. The molecule has 0 radical (unpaired) electrons. The molecule has 0 aromatic heterocycles. The molecule has 2 N–H and O–H groups in total. The molecule has 0 atom stereocenters. The SMILES string of the molecule is CC(C)(C)OC(=O)CCCCCCCCCCCCCCCCCCC(=O)NCCOCCOCCOCCOCCOCCNC(=O)CBr. The molecule has 0 spiro atoms. The van der Waals surface area contributed by atoms with Crippen LogP contribution in [0.4, 0.5) is 0 Å². The van der Waals surface area contributed by atoms with Gasteiger partial charge in [0.05, 0.1) is 71.4 Å². The van der Waals surface area contributed by atoms with Gasteiger partial charge in [-0.3, -0.25) is 14.4 Å². The zero-order chi connectivity index (χ0) is 36.8. The predicted octanol–water partition coefficient (Wildman–Crippen LogP) is 7.06. The standard InChI is InChI=1S/C38H73BrN2O9/c1-38(2,3)50-37(44)21-19-17-15-13-11-9-7-5-4-6-8-10-12-14-16-18-20-35(42)40-22-24-45-26-28-47-30-32-49-33-31-48-29-27-46-25-23-41-36(43)34-39/h4-34H2,1-3H3,(H,40,42)(H,41,43). The molecule has 0 aliphatic carbocycles. The fourth-order valence-corrected chi connectivity index (χ4v) is 5.26. The van der Waals surface area contributed by atoms with E-state index >= 15 is 0 Å². The minimum atomic E-state index is -0.374. The van der Waals surface area contributed by atoms with Crippen molar-refractivity contribution in [1.82, 2.24) is 10.6 Å². The molecule has 0 aliphatic rings. The molecule has 12 heteroatoms. The molecule has 0 heterocycles. The Morgan fingerprint density at radius 2 is 0.740 bits per heavy atom. The summed E-state index contributed by atoms with van der Waals surface area (Å²) >= 11 is 3.08. The minimum absolute atomic E-state index is 0.0555. The molecule has 0 fully saturated rings. The second kappa shape index (κ2) is 37.4. The van der Waals surface area contributed by atoms with E-state index in [4.69, 9.17) is 28.4 Å². The Morgan fingerprint density at radius 3 is 1.08 bits per heavy atom. The number of rotatable bonds is 38. The highest BCUT2D eigenvalue weighted by atomic mass is 79.9. The molecule has 0 saturated heterocycles. The van der Waals surface area contributed by atoms with Gasteiger partial charge >= 0.3 is 5.97 Å². The van der Waals surface area contributed by atoms with Gasteiger partial charge in [-0.1, -0.05) is 106 Å². The number of ether oxygens (including phenoxy) is 6. The Hall–Kier alpha value is -1.31. The molecule has 0 aromatic rings. The monoisotopic (exact) mass is 780 g/mol. The highest BCUT2D eigenvalue weighted by Gasteiger charge is 2.15. The maximum atomic E-state index is 12.0. The fourth-order valence-electron chi connectivity index (χ4n) is 5.06. The van der Waals surface area contributed by atoms with Gasteiger partial charge < -0.3 is 39.1 Å². The Kier molecular flexibility index (Phi) is 36.5. The van der Waals surface area contributed by atoms with Gasteiger partial charge in [-0.25, -0.2) is 0 Å². The van der Waals surface area contributed by atoms with Crippen LogP contribution in [0.1, 0.15) is 136 Å². The number of unbranched alkanes of at least 4 members (excludes halogenated alkanes) is 15. The normalized spacial score (nSPS) is 11.5. The number of hydrogen-bond acceptors (Lipinski definition) is 9. The first kappa shape index (κ1) is 48.7. The van der Waals surface area contributed by atoms with Gasteiger partial charge in [-0.05, 0) is 33.6 Å². The van der Waals surface area contributed by atoms with Crippen molar-refractivity contribution in [2.45, 2.75) is 142 Å². The van der Waals surface area contributed by atoms with Crippen molar-refractivity contribution < 1.29 is 42.8 Å². The lowest BCUT2D eigenvalue weighted by atomic mass is 10.0. The summed E-state index contributed by atoms with van der Waals surface area (Å²) in [5, 5.41) is 5.93. The van der Waals surface area contributed by atoms with Crippen molar-refractivity contribution in [1.29, 1.82) is 0 Å². The summed E-state index contributed by atoms with van der Waals surface area (Å²) in [4.78, 5) is 34.8. The Balaban J connectivity index is 3.21. The Bertz CT molecular complexity index is 784. The van der Waals surface area contributed by atoms with Crippen molar-refractivity contribution >= 4 is 33.7 Å². The second-order valence-corrected chi connectivity index (χ2v) is 14.2. The summed E-state index contributed by atoms with van der Waals surface area (Å²) in [5.74, 6) is -0.0201. The summed E-state index contributed by atoms with van der Waals surface area (Å²) in [7, 11) is 0. The van der Waals surface area contributed by atoms with Crippen molar-refractivity contribution in [2.75, 3.05) is 84.5 Å². The van der Waals surface area contributed by atoms with Gasteiger partial charge in [-0.2, -0.15) is 0 Å². The first-order valence-electron chi connectivity index (χ1n) is 19.4. The Morgan fingerprint density at radius 1 is 0.440 bits per heavy atom. The van der Waals surface area contributed by atoms with Gasteiger partial charge in [0.1, 0.15) is 5.60 Å². The van der Waals surface area contributed by atoms with Crippen LogP contribution in [0.25, 0.3) is 0 Å². The molecule has 2 amide bonds. The van der Waals surface area contributed by atoms with E-state index < -0.39 is 0 Å². The van der Waals surface area contributed by atoms with E-state index in [9.17, 15) is 14.4 Å². The van der Waals surface area contributed by atoms with Crippen molar-refractivity contribution in [2.24, 2.45) is 0 Å². The van der Waals surface area contributed by atoms with Crippen LogP contribution in [0.3, 0.4) is 0 Å². The predicted molar refractivity (Wildman–Crippen MR) is 203 cm³/mol. The summed E-state index contributed by atoms with van der Waals surface area (Å²) in [6.07, 6.45) is 20.9. The van der Waals surface area contributed by atoms with E-state index in [0.29, 0.717) is 97.3 Å². The molecule has 0 rings (SSSR count). The van der Waals surface area contributed by atoms with E-state index in [0.717, 1.165) is 25.7 Å². The summed E-state index contributed by atoms with van der Waals surface area (Å²) in [5.41, 5.74) is -0.374. The third kappa shape index (κ3) is 41.1. The smallest absolute Gasteiger partial charge is 0.306 e. The number of carbonyl (C=O) groups excluding carboxylic acids is 3. The van der Waals surface area contributed by atoms with Gasteiger partial charge in [0.2, 0.25) is 11.8 Å². The van der Waals surface area contributed by atoms with Crippen LogP contribution < -0.4 is 10.6 Å². The quantitative estimate of drug-likeness (QED) is 0.0384. The number of carbonyl (C=O) groups is 3. The number of halogens is 1. The van der Waals surface area contributed by atoms with Crippen molar-refractivity contribution in [3.05, 3.63) is 0 Å². The van der Waals surface area contributed by atoms with E-state index in [1.54, 1.807) is 0 Å². The van der Waals surface area contributed by atoms with Crippen LogP contribution in [0.2, 0.25) is 0 Å². The zero-order valence-electron chi connectivity index (χ0n) is 32.0. The van der Waals surface area contributed by atoms with Crippen molar-refractivity contribution in [3.63, 3.8) is 0 Å². The van der Waals surface area contributed by atoms with Gasteiger partial charge in [0.15, 0.2) is 0 Å². The molecule has 0 aromatic carbocycles. The molecular formula is C38H73BrN2O9. The van der Waals surface area contributed by atoms with E-state index in [1.165, 1.54) is 77.0 Å². The van der Waals surface area contributed by atoms with Crippen LogP contribution in [0, 0.1) is 0 Å². The maximum absolute atomic E-state index is 12.0. The van der Waals surface area contributed by atoms with E-state index in [2.05, 4.69) is 26.6 Å². The third-order valence-corrected chi connectivity index (χ3v) is 8.21. The maximum Gasteiger partial charge on any atom is 0.306 e. The third-order valence-electron chi connectivity index (χ3n) is 7.70. The van der Waals surface area contributed by atoms with E-state index in [1.807, 2.05) is 20.8 Å². The number of esters is 1. The summed E-state index contributed by atoms with van der Waals surface area (Å²) in [6.45, 7) is 11.6. The first-order valence-corrected chi connectivity index (χ1v) is 20.6. The highest BCUT2D eigenvalue weighted by molar-refractivity contribution is 9.09. The molecule has 0 unspecified atom stereocenters. The Labute approximate surface area is 312 Å². The lowest BCUT2D eigenvalue weighted by Gasteiger charge is -2.19. The molecule has 0 bridgehead atoms.